The first kappa shape index (κ1) is 32.6. The van der Waals surface area contributed by atoms with Gasteiger partial charge in [-0.05, 0) is 77.2 Å². The summed E-state index contributed by atoms with van der Waals surface area (Å²) in [5.41, 5.74) is 3.13. The molecule has 0 spiro atoms. The average Bonchev–Trinajstić information content (AvgIpc) is 3.52. The Morgan fingerprint density at radius 2 is 1.62 bits per heavy atom. The van der Waals surface area contributed by atoms with Gasteiger partial charge in [0.1, 0.15) is 22.9 Å². The Labute approximate surface area is 276 Å². The van der Waals surface area contributed by atoms with E-state index in [1.807, 2.05) is 66.7 Å². The summed E-state index contributed by atoms with van der Waals surface area (Å²) < 4.78 is 57.6. The summed E-state index contributed by atoms with van der Waals surface area (Å²) in [5.74, 6) is -1.27. The largest absolute Gasteiger partial charge is 0.497 e. The normalized spacial score (nSPS) is 12.2. The summed E-state index contributed by atoms with van der Waals surface area (Å²) in [4.78, 5) is 26.5. The highest BCUT2D eigenvalue weighted by Gasteiger charge is 2.24. The predicted octanol–water partition coefficient (Wildman–Crippen LogP) is 8.22. The monoisotopic (exact) mass is 665 g/mol. The number of hydrogen-bond acceptors (Lipinski definition) is 6. The Bertz CT molecular complexity index is 2210. The standard InChI is InChI=1S/C38H32FNO7S/c1-46-31-16-14-26-20-28(13-12-27(26)21-31)32(19-24-8-10-25(11-9-24)35(41)6-4-18-48(43,44)45)38(42)40-34-17-15-30(22-33(34)39)37-23-29-5-2-3-7-36(29)47-37/h2-3,5,7-17,20-23,32H,4,6,18-19H2,1H3,(H,40,42)(H,43,44,45). The molecule has 0 radical (unpaired) electrons. The Kier molecular flexibility index (Phi) is 9.38. The van der Waals surface area contributed by atoms with E-state index >= 15 is 4.39 Å². The summed E-state index contributed by atoms with van der Waals surface area (Å²) in [6.07, 6.45) is 0.224. The van der Waals surface area contributed by atoms with E-state index in [0.717, 1.165) is 27.3 Å². The minimum atomic E-state index is -4.14. The van der Waals surface area contributed by atoms with E-state index in [4.69, 9.17) is 13.7 Å². The van der Waals surface area contributed by atoms with E-state index < -0.39 is 33.5 Å². The Morgan fingerprint density at radius 1 is 0.875 bits per heavy atom. The van der Waals surface area contributed by atoms with E-state index in [-0.39, 0.29) is 30.7 Å². The van der Waals surface area contributed by atoms with Crippen LogP contribution in [0.1, 0.15) is 40.2 Å². The fourth-order valence-corrected chi connectivity index (χ4v) is 6.19. The van der Waals surface area contributed by atoms with Crippen LogP contribution in [0.2, 0.25) is 0 Å². The first-order chi connectivity index (χ1) is 23.1. The van der Waals surface area contributed by atoms with Crippen molar-refractivity contribution in [1.29, 1.82) is 0 Å². The van der Waals surface area contributed by atoms with Crippen molar-refractivity contribution in [3.05, 3.63) is 132 Å². The number of ether oxygens (including phenoxy) is 1. The van der Waals surface area contributed by atoms with Crippen molar-refractivity contribution < 1.29 is 36.1 Å². The molecule has 6 aromatic rings. The van der Waals surface area contributed by atoms with Gasteiger partial charge in [-0.2, -0.15) is 8.42 Å². The van der Waals surface area contributed by atoms with Gasteiger partial charge in [-0.25, -0.2) is 4.39 Å². The van der Waals surface area contributed by atoms with Crippen LogP contribution in [0.4, 0.5) is 10.1 Å². The molecule has 0 aliphatic carbocycles. The molecule has 1 atom stereocenters. The van der Waals surface area contributed by atoms with Gasteiger partial charge in [0.15, 0.2) is 5.78 Å². The maximum absolute atomic E-state index is 15.5. The Hall–Kier alpha value is -5.32. The number of ketones is 1. The van der Waals surface area contributed by atoms with Gasteiger partial charge in [0, 0.05) is 22.9 Å². The van der Waals surface area contributed by atoms with E-state index in [1.54, 1.807) is 37.4 Å². The Morgan fingerprint density at radius 3 is 2.35 bits per heavy atom. The molecule has 0 saturated carbocycles. The van der Waals surface area contributed by atoms with Crippen LogP contribution in [-0.4, -0.2) is 37.5 Å². The van der Waals surface area contributed by atoms with Gasteiger partial charge in [0.05, 0.1) is 24.5 Å². The second-order valence-corrected chi connectivity index (χ2v) is 13.1. The van der Waals surface area contributed by atoms with Gasteiger partial charge >= 0.3 is 0 Å². The van der Waals surface area contributed by atoms with Crippen LogP contribution in [0.5, 0.6) is 5.75 Å². The fraction of sp³-hybridized carbons (Fsp3) is 0.158. The number of para-hydroxylation sites is 1. The minimum absolute atomic E-state index is 0.00527. The molecule has 2 N–H and O–H groups in total. The number of anilines is 1. The lowest BCUT2D eigenvalue weighted by Gasteiger charge is -2.19. The van der Waals surface area contributed by atoms with Gasteiger partial charge in [-0.15, -0.1) is 0 Å². The molecule has 1 aromatic heterocycles. The minimum Gasteiger partial charge on any atom is -0.497 e. The molecule has 6 rings (SSSR count). The highest BCUT2D eigenvalue weighted by atomic mass is 32.2. The number of carbonyl (C=O) groups excluding carboxylic acids is 2. The molecule has 1 heterocycles. The maximum atomic E-state index is 15.5. The Balaban J connectivity index is 1.25. The number of hydrogen-bond donors (Lipinski definition) is 2. The predicted molar refractivity (Wildman–Crippen MR) is 184 cm³/mol. The van der Waals surface area contributed by atoms with Crippen molar-refractivity contribution in [3.63, 3.8) is 0 Å². The molecule has 0 aliphatic heterocycles. The number of benzene rings is 5. The molecule has 0 fully saturated rings. The fourth-order valence-electron chi connectivity index (χ4n) is 5.68. The molecule has 5 aromatic carbocycles. The van der Waals surface area contributed by atoms with Gasteiger partial charge in [0.25, 0.3) is 10.1 Å². The zero-order valence-corrected chi connectivity index (χ0v) is 26.8. The molecule has 1 unspecified atom stereocenters. The van der Waals surface area contributed by atoms with Crippen LogP contribution in [0.15, 0.2) is 114 Å². The van der Waals surface area contributed by atoms with E-state index in [9.17, 15) is 18.0 Å². The number of rotatable bonds is 12. The lowest BCUT2D eigenvalue weighted by Crippen LogP contribution is -2.23. The summed E-state index contributed by atoms with van der Waals surface area (Å²) in [7, 11) is -2.55. The summed E-state index contributed by atoms with van der Waals surface area (Å²) >= 11 is 0. The van der Waals surface area contributed by atoms with Gasteiger partial charge in [-0.3, -0.25) is 14.1 Å². The molecule has 244 valence electrons. The third kappa shape index (κ3) is 7.62. The maximum Gasteiger partial charge on any atom is 0.264 e. The molecule has 0 aliphatic rings. The number of fused-ring (bicyclic) bond motifs is 2. The van der Waals surface area contributed by atoms with Crippen molar-refractivity contribution in [2.24, 2.45) is 0 Å². The number of furan rings is 1. The van der Waals surface area contributed by atoms with Gasteiger partial charge in [0.2, 0.25) is 5.91 Å². The first-order valence-electron chi connectivity index (χ1n) is 15.3. The van der Waals surface area contributed by atoms with Crippen LogP contribution in [0, 0.1) is 5.82 Å². The van der Waals surface area contributed by atoms with Crippen LogP contribution >= 0.6 is 0 Å². The molecule has 0 bridgehead atoms. The molecule has 8 nitrogen and oxygen atoms in total. The van der Waals surface area contributed by atoms with Gasteiger partial charge in [-0.1, -0.05) is 66.7 Å². The number of methoxy groups -OCH3 is 1. The highest BCUT2D eigenvalue weighted by molar-refractivity contribution is 7.85. The van der Waals surface area contributed by atoms with Crippen LogP contribution < -0.4 is 10.1 Å². The van der Waals surface area contributed by atoms with E-state index in [0.29, 0.717) is 28.2 Å². The quantitative estimate of drug-likeness (QED) is 0.0998. The van der Waals surface area contributed by atoms with Crippen LogP contribution in [0.25, 0.3) is 33.1 Å². The van der Waals surface area contributed by atoms with Crippen molar-refractivity contribution in [1.82, 2.24) is 0 Å². The number of halogens is 1. The number of carbonyl (C=O) groups is 2. The second-order valence-electron chi connectivity index (χ2n) is 11.6. The van der Waals surface area contributed by atoms with Crippen LogP contribution in [0.3, 0.4) is 0 Å². The third-order valence-electron chi connectivity index (χ3n) is 8.25. The molecular formula is C38H32FNO7S. The zero-order chi connectivity index (χ0) is 33.8. The number of amides is 1. The smallest absolute Gasteiger partial charge is 0.264 e. The topological polar surface area (TPSA) is 123 Å². The lowest BCUT2D eigenvalue weighted by atomic mass is 9.89. The molecule has 48 heavy (non-hydrogen) atoms. The van der Waals surface area contributed by atoms with Crippen molar-refractivity contribution in [2.75, 3.05) is 18.2 Å². The molecular weight excluding hydrogens is 633 g/mol. The SMILES string of the molecule is COc1ccc2cc(C(Cc3ccc(C(=O)CCCS(=O)(=O)O)cc3)C(=O)Nc3ccc(-c4cc5ccccc5o4)cc3F)ccc2c1. The number of Topliss-reactive ketones (excluding diaryl/α,β-unsaturated/α-hetero) is 1. The van der Waals surface area contributed by atoms with E-state index in [2.05, 4.69) is 5.32 Å². The molecule has 1 amide bonds. The summed E-state index contributed by atoms with van der Waals surface area (Å²) in [6.45, 7) is 0. The van der Waals surface area contributed by atoms with Crippen molar-refractivity contribution in [3.8, 4) is 17.1 Å². The second kappa shape index (κ2) is 13.8. The number of nitrogens with one attached hydrogen (secondary N) is 1. The highest BCUT2D eigenvalue weighted by Crippen LogP contribution is 2.32. The van der Waals surface area contributed by atoms with Crippen molar-refractivity contribution in [2.45, 2.75) is 25.2 Å². The molecule has 10 heteroatoms. The molecule has 0 saturated heterocycles. The lowest BCUT2D eigenvalue weighted by molar-refractivity contribution is -0.117. The summed E-state index contributed by atoms with van der Waals surface area (Å²) in [5, 5.41) is 5.51. The summed E-state index contributed by atoms with van der Waals surface area (Å²) in [6, 6.07) is 32.0. The van der Waals surface area contributed by atoms with E-state index in [1.165, 1.54) is 12.1 Å². The van der Waals surface area contributed by atoms with Gasteiger partial charge < -0.3 is 14.5 Å². The zero-order valence-electron chi connectivity index (χ0n) is 26.0. The van der Waals surface area contributed by atoms with Crippen LogP contribution in [-0.2, 0) is 21.3 Å². The third-order valence-corrected chi connectivity index (χ3v) is 9.05. The average molecular weight is 666 g/mol. The van der Waals surface area contributed by atoms with Crippen molar-refractivity contribution >= 4 is 49.2 Å². The first-order valence-corrected chi connectivity index (χ1v) is 16.9.